The number of hydrogen-bond donors (Lipinski definition) is 1. The Morgan fingerprint density at radius 2 is 1.95 bits per heavy atom. The molecule has 0 spiro atoms. The molecule has 0 aromatic heterocycles. The topological polar surface area (TPSA) is 29.5 Å². The maximum atomic E-state index is 12.1. The van der Waals surface area contributed by atoms with E-state index in [9.17, 15) is 18.3 Å². The van der Waals surface area contributed by atoms with Gasteiger partial charge in [-0.3, -0.25) is 0 Å². The lowest BCUT2D eigenvalue weighted by Crippen LogP contribution is -2.17. The van der Waals surface area contributed by atoms with Crippen LogP contribution in [0.5, 0.6) is 5.75 Å². The molecule has 20 heavy (non-hydrogen) atoms. The van der Waals surface area contributed by atoms with Gasteiger partial charge < -0.3 is 9.84 Å². The molecule has 0 heterocycles. The van der Waals surface area contributed by atoms with Crippen molar-refractivity contribution in [3.05, 3.63) is 29.8 Å². The summed E-state index contributed by atoms with van der Waals surface area (Å²) in [6.45, 7) is 0. The molecule has 1 N–H and O–H groups in total. The van der Waals surface area contributed by atoms with E-state index in [1.54, 1.807) is 6.07 Å². The third-order valence-electron chi connectivity index (χ3n) is 3.80. The van der Waals surface area contributed by atoms with Crippen molar-refractivity contribution in [2.45, 2.75) is 51.0 Å². The van der Waals surface area contributed by atoms with Crippen LogP contribution in [0.3, 0.4) is 0 Å². The van der Waals surface area contributed by atoms with Gasteiger partial charge in [-0.25, -0.2) is 0 Å². The first kappa shape index (κ1) is 15.2. The largest absolute Gasteiger partial charge is 0.573 e. The number of hydrogen-bond acceptors (Lipinski definition) is 2. The summed E-state index contributed by atoms with van der Waals surface area (Å²) in [4.78, 5) is 0. The molecule has 1 fully saturated rings. The predicted octanol–water partition coefficient (Wildman–Crippen LogP) is 4.59. The zero-order valence-corrected chi connectivity index (χ0v) is 11.2. The van der Waals surface area contributed by atoms with Crippen LogP contribution >= 0.6 is 0 Å². The van der Waals surface area contributed by atoms with Crippen molar-refractivity contribution in [3.8, 4) is 5.75 Å². The smallest absolute Gasteiger partial charge is 0.406 e. The van der Waals surface area contributed by atoms with E-state index >= 15 is 0 Å². The number of benzene rings is 1. The molecule has 1 unspecified atom stereocenters. The van der Waals surface area contributed by atoms with Crippen LogP contribution in [0, 0.1) is 5.92 Å². The van der Waals surface area contributed by atoms with Crippen molar-refractivity contribution in [1.82, 2.24) is 0 Å². The molecule has 1 aliphatic carbocycles. The second-order valence-corrected chi connectivity index (χ2v) is 5.36. The van der Waals surface area contributed by atoms with Gasteiger partial charge in [0, 0.05) is 0 Å². The van der Waals surface area contributed by atoms with E-state index in [0.717, 1.165) is 6.42 Å². The second-order valence-electron chi connectivity index (χ2n) is 5.36. The van der Waals surface area contributed by atoms with E-state index in [0.29, 0.717) is 17.9 Å². The average Bonchev–Trinajstić information content (AvgIpc) is 2.87. The van der Waals surface area contributed by atoms with Crippen molar-refractivity contribution >= 4 is 0 Å². The van der Waals surface area contributed by atoms with Gasteiger partial charge >= 0.3 is 6.36 Å². The fourth-order valence-electron chi connectivity index (χ4n) is 2.78. The Hall–Kier alpha value is -1.23. The molecule has 1 aliphatic rings. The van der Waals surface area contributed by atoms with Crippen LogP contribution in [0.1, 0.15) is 50.2 Å². The van der Waals surface area contributed by atoms with Gasteiger partial charge in [-0.15, -0.1) is 13.2 Å². The lowest BCUT2D eigenvalue weighted by molar-refractivity contribution is -0.274. The Balaban J connectivity index is 1.91. The maximum absolute atomic E-state index is 12.1. The number of rotatable bonds is 5. The van der Waals surface area contributed by atoms with Gasteiger partial charge in [0.15, 0.2) is 0 Å². The molecule has 0 amide bonds. The number of aliphatic hydroxyl groups excluding tert-OH is 1. The van der Waals surface area contributed by atoms with Gasteiger partial charge in [-0.2, -0.15) is 0 Å². The molecule has 1 atom stereocenters. The van der Waals surface area contributed by atoms with E-state index in [2.05, 4.69) is 4.74 Å². The highest BCUT2D eigenvalue weighted by Crippen LogP contribution is 2.32. The highest BCUT2D eigenvalue weighted by atomic mass is 19.4. The molecule has 0 bridgehead atoms. The predicted molar refractivity (Wildman–Crippen MR) is 69.3 cm³/mol. The van der Waals surface area contributed by atoms with Crippen LogP contribution in [0.25, 0.3) is 0 Å². The number of halogens is 3. The number of alkyl halides is 3. The van der Waals surface area contributed by atoms with E-state index in [1.807, 2.05) is 0 Å². The first-order valence-corrected chi connectivity index (χ1v) is 6.98. The Morgan fingerprint density at radius 1 is 1.25 bits per heavy atom. The van der Waals surface area contributed by atoms with Gasteiger partial charge in [0.1, 0.15) is 5.75 Å². The average molecular weight is 288 g/mol. The molecule has 2 rings (SSSR count). The summed E-state index contributed by atoms with van der Waals surface area (Å²) < 4.78 is 40.3. The third-order valence-corrected chi connectivity index (χ3v) is 3.80. The summed E-state index contributed by atoms with van der Waals surface area (Å²) in [7, 11) is 0. The molecule has 112 valence electrons. The molecule has 0 aliphatic heterocycles. The highest BCUT2D eigenvalue weighted by molar-refractivity contribution is 5.30. The normalized spacial score (nSPS) is 18.2. The Bertz CT molecular complexity index is 425. The van der Waals surface area contributed by atoms with E-state index < -0.39 is 12.5 Å². The van der Waals surface area contributed by atoms with Gasteiger partial charge in [-0.1, -0.05) is 37.8 Å². The standard InChI is InChI=1S/C15H19F3O2/c16-15(17,18)20-13-7-3-6-12(10-13)14(19)9-8-11-4-1-2-5-11/h3,6-7,10-11,14,19H,1-2,4-5,8-9H2. The molecular weight excluding hydrogens is 269 g/mol. The van der Waals surface area contributed by atoms with Crippen molar-refractivity contribution < 1.29 is 23.0 Å². The molecule has 1 aromatic carbocycles. The zero-order valence-electron chi connectivity index (χ0n) is 11.2. The summed E-state index contributed by atoms with van der Waals surface area (Å²) in [5.74, 6) is 0.370. The monoisotopic (exact) mass is 288 g/mol. The third kappa shape index (κ3) is 4.71. The van der Waals surface area contributed by atoms with Gasteiger partial charge in [0.05, 0.1) is 6.10 Å². The number of aliphatic hydroxyl groups is 1. The second kappa shape index (κ2) is 6.48. The lowest BCUT2D eigenvalue weighted by Gasteiger charge is -2.15. The fourth-order valence-corrected chi connectivity index (χ4v) is 2.78. The summed E-state index contributed by atoms with van der Waals surface area (Å²) in [5, 5.41) is 10.1. The van der Waals surface area contributed by atoms with Crippen LogP contribution in [0.4, 0.5) is 13.2 Å². The summed E-state index contributed by atoms with van der Waals surface area (Å²) in [6, 6.07) is 5.59. The van der Waals surface area contributed by atoms with Crippen LogP contribution in [0.2, 0.25) is 0 Å². The minimum Gasteiger partial charge on any atom is -0.406 e. The molecule has 5 heteroatoms. The van der Waals surface area contributed by atoms with E-state index in [-0.39, 0.29) is 5.75 Å². The van der Waals surface area contributed by atoms with Crippen LogP contribution in [-0.4, -0.2) is 11.5 Å². The van der Waals surface area contributed by atoms with Crippen molar-refractivity contribution in [3.63, 3.8) is 0 Å². The molecule has 1 aromatic rings. The molecule has 0 radical (unpaired) electrons. The Labute approximate surface area is 116 Å². The Kier molecular flexibility index (Phi) is 4.91. The molecule has 0 saturated heterocycles. The van der Waals surface area contributed by atoms with E-state index in [4.69, 9.17) is 0 Å². The lowest BCUT2D eigenvalue weighted by atomic mass is 9.96. The summed E-state index contributed by atoms with van der Waals surface area (Å²) in [5.41, 5.74) is 0.477. The minimum absolute atomic E-state index is 0.282. The minimum atomic E-state index is -4.70. The summed E-state index contributed by atoms with van der Waals surface area (Å²) in [6.07, 6.45) is 0.963. The number of ether oxygens (including phenoxy) is 1. The van der Waals surface area contributed by atoms with Gasteiger partial charge in [0.2, 0.25) is 0 Å². The van der Waals surface area contributed by atoms with Crippen molar-refractivity contribution in [1.29, 1.82) is 0 Å². The SMILES string of the molecule is OC(CCC1CCCC1)c1cccc(OC(F)(F)F)c1. The maximum Gasteiger partial charge on any atom is 0.573 e. The quantitative estimate of drug-likeness (QED) is 0.858. The van der Waals surface area contributed by atoms with Crippen molar-refractivity contribution in [2.24, 2.45) is 5.92 Å². The molecular formula is C15H19F3O2. The zero-order chi connectivity index (χ0) is 14.6. The fraction of sp³-hybridized carbons (Fsp3) is 0.600. The Morgan fingerprint density at radius 3 is 2.60 bits per heavy atom. The van der Waals surface area contributed by atoms with Crippen LogP contribution in [-0.2, 0) is 0 Å². The first-order chi connectivity index (χ1) is 9.44. The molecule has 2 nitrogen and oxygen atoms in total. The van der Waals surface area contributed by atoms with Crippen LogP contribution in [0.15, 0.2) is 24.3 Å². The summed E-state index contributed by atoms with van der Waals surface area (Å²) >= 11 is 0. The van der Waals surface area contributed by atoms with Crippen molar-refractivity contribution in [2.75, 3.05) is 0 Å². The van der Waals surface area contributed by atoms with Gasteiger partial charge in [0.25, 0.3) is 0 Å². The molecule has 1 saturated carbocycles. The van der Waals surface area contributed by atoms with Crippen LogP contribution < -0.4 is 4.74 Å². The van der Waals surface area contributed by atoms with Gasteiger partial charge in [-0.05, 0) is 36.5 Å². The van der Waals surface area contributed by atoms with E-state index in [1.165, 1.54) is 43.9 Å². The highest BCUT2D eigenvalue weighted by Gasteiger charge is 2.31. The first-order valence-electron chi connectivity index (χ1n) is 6.98.